The van der Waals surface area contributed by atoms with Crippen molar-refractivity contribution in [3.63, 3.8) is 0 Å². The predicted molar refractivity (Wildman–Crippen MR) is 80.1 cm³/mol. The Balaban J connectivity index is 2.32. The van der Waals surface area contributed by atoms with Gasteiger partial charge in [0, 0.05) is 4.47 Å². The summed E-state index contributed by atoms with van der Waals surface area (Å²) in [5.74, 6) is -0.869. The van der Waals surface area contributed by atoms with Crippen LogP contribution in [0.4, 0.5) is 10.1 Å². The van der Waals surface area contributed by atoms with Crippen LogP contribution in [0, 0.1) is 5.82 Å². The predicted octanol–water partition coefficient (Wildman–Crippen LogP) is 4.50. The highest BCUT2D eigenvalue weighted by molar-refractivity contribution is 9.10. The number of carbonyl (C=O) groups is 1. The first kappa shape index (κ1) is 14.8. The van der Waals surface area contributed by atoms with Gasteiger partial charge in [-0.25, -0.2) is 4.39 Å². The number of carbonyl (C=O) groups excluding carboxylic acids is 1. The molecule has 1 N–H and O–H groups in total. The van der Waals surface area contributed by atoms with Gasteiger partial charge in [-0.05, 0) is 30.3 Å². The molecule has 6 heteroatoms. The van der Waals surface area contributed by atoms with Crippen LogP contribution in [-0.4, -0.2) is 13.0 Å². The first-order chi connectivity index (χ1) is 9.52. The summed E-state index contributed by atoms with van der Waals surface area (Å²) < 4.78 is 19.7. The van der Waals surface area contributed by atoms with Crippen LogP contribution in [0.3, 0.4) is 0 Å². The molecule has 0 bridgehead atoms. The lowest BCUT2D eigenvalue weighted by atomic mass is 10.2. The van der Waals surface area contributed by atoms with Crippen molar-refractivity contribution in [2.45, 2.75) is 0 Å². The fraction of sp³-hybridized carbons (Fsp3) is 0.0714. The zero-order valence-electron chi connectivity index (χ0n) is 10.4. The number of nitrogens with one attached hydrogen (secondary N) is 1. The van der Waals surface area contributed by atoms with Crippen LogP contribution in [-0.2, 0) is 0 Å². The number of hydrogen-bond donors (Lipinski definition) is 1. The minimum atomic E-state index is -0.749. The molecule has 0 spiro atoms. The van der Waals surface area contributed by atoms with E-state index in [-0.39, 0.29) is 10.6 Å². The lowest BCUT2D eigenvalue weighted by Crippen LogP contribution is -2.14. The summed E-state index contributed by atoms with van der Waals surface area (Å²) in [5, 5.41) is 2.50. The van der Waals surface area contributed by atoms with Gasteiger partial charge in [-0.15, -0.1) is 0 Å². The smallest absolute Gasteiger partial charge is 0.258 e. The van der Waals surface area contributed by atoms with Gasteiger partial charge in [0.2, 0.25) is 0 Å². The fourth-order valence-corrected chi connectivity index (χ4v) is 2.18. The molecule has 0 fully saturated rings. The summed E-state index contributed by atoms with van der Waals surface area (Å²) in [4.78, 5) is 12.1. The molecule has 0 aliphatic rings. The summed E-state index contributed by atoms with van der Waals surface area (Å²) >= 11 is 8.95. The van der Waals surface area contributed by atoms with E-state index in [9.17, 15) is 9.18 Å². The average Bonchev–Trinajstić information content (AvgIpc) is 2.42. The highest BCUT2D eigenvalue weighted by Gasteiger charge is 2.16. The van der Waals surface area contributed by atoms with Crippen LogP contribution >= 0.6 is 27.5 Å². The quantitative estimate of drug-likeness (QED) is 0.877. The topological polar surface area (TPSA) is 38.3 Å². The Bertz CT molecular complexity index is 664. The number of rotatable bonds is 3. The molecule has 1 amide bonds. The third-order valence-corrected chi connectivity index (χ3v) is 3.39. The van der Waals surface area contributed by atoms with Crippen molar-refractivity contribution in [2.75, 3.05) is 12.4 Å². The summed E-state index contributed by atoms with van der Waals surface area (Å²) in [6.07, 6.45) is 0. The number of hydrogen-bond acceptors (Lipinski definition) is 2. The molecule has 0 radical (unpaired) electrons. The van der Waals surface area contributed by atoms with Gasteiger partial charge < -0.3 is 10.1 Å². The van der Waals surface area contributed by atoms with Crippen LogP contribution in [0.5, 0.6) is 5.75 Å². The van der Waals surface area contributed by atoms with E-state index in [1.807, 2.05) is 0 Å². The standard InChI is InChI=1S/C14H10BrClFNO2/c1-20-12-6-5-8(15)7-11(12)18-14(19)9-3-2-4-10(16)13(9)17/h2-7H,1H3,(H,18,19). The van der Waals surface area contributed by atoms with Crippen molar-refractivity contribution < 1.29 is 13.9 Å². The number of ether oxygens (including phenoxy) is 1. The third-order valence-electron chi connectivity index (χ3n) is 2.61. The van der Waals surface area contributed by atoms with Gasteiger partial charge in [-0.3, -0.25) is 4.79 Å². The van der Waals surface area contributed by atoms with E-state index in [4.69, 9.17) is 16.3 Å². The van der Waals surface area contributed by atoms with Gasteiger partial charge >= 0.3 is 0 Å². The van der Waals surface area contributed by atoms with Gasteiger partial charge in [0.05, 0.1) is 23.4 Å². The Morgan fingerprint density at radius 3 is 2.80 bits per heavy atom. The second kappa shape index (κ2) is 6.24. The molecule has 2 aromatic rings. The van der Waals surface area contributed by atoms with Crippen LogP contribution in [0.25, 0.3) is 0 Å². The molecular formula is C14H10BrClFNO2. The van der Waals surface area contributed by atoms with E-state index in [2.05, 4.69) is 21.2 Å². The Morgan fingerprint density at radius 1 is 1.35 bits per heavy atom. The number of methoxy groups -OCH3 is 1. The van der Waals surface area contributed by atoms with Crippen LogP contribution in [0.15, 0.2) is 40.9 Å². The van der Waals surface area contributed by atoms with E-state index >= 15 is 0 Å². The lowest BCUT2D eigenvalue weighted by molar-refractivity contribution is 0.102. The van der Waals surface area contributed by atoms with Crippen molar-refractivity contribution in [1.29, 1.82) is 0 Å². The van der Waals surface area contributed by atoms with Gasteiger partial charge in [-0.1, -0.05) is 33.6 Å². The zero-order valence-corrected chi connectivity index (χ0v) is 12.8. The van der Waals surface area contributed by atoms with Crippen LogP contribution in [0.2, 0.25) is 5.02 Å². The maximum Gasteiger partial charge on any atom is 0.258 e. The van der Waals surface area contributed by atoms with Crippen molar-refractivity contribution in [3.8, 4) is 5.75 Å². The second-order valence-electron chi connectivity index (χ2n) is 3.90. The maximum atomic E-state index is 13.8. The molecule has 0 aromatic heterocycles. The maximum absolute atomic E-state index is 13.8. The van der Waals surface area contributed by atoms with Gasteiger partial charge in [0.15, 0.2) is 5.82 Å². The SMILES string of the molecule is COc1ccc(Br)cc1NC(=O)c1cccc(Cl)c1F. The molecule has 0 heterocycles. The molecule has 0 aliphatic carbocycles. The van der Waals surface area contributed by atoms with Crippen LogP contribution < -0.4 is 10.1 Å². The monoisotopic (exact) mass is 357 g/mol. The Hall–Kier alpha value is -1.59. The van der Waals surface area contributed by atoms with Crippen molar-refractivity contribution >= 4 is 39.1 Å². The normalized spacial score (nSPS) is 10.2. The summed E-state index contributed by atoms with van der Waals surface area (Å²) in [6.45, 7) is 0. The lowest BCUT2D eigenvalue weighted by Gasteiger charge is -2.11. The third kappa shape index (κ3) is 3.11. The fourth-order valence-electron chi connectivity index (χ4n) is 1.65. The molecule has 3 nitrogen and oxygen atoms in total. The average molecular weight is 359 g/mol. The first-order valence-corrected chi connectivity index (χ1v) is 6.79. The highest BCUT2D eigenvalue weighted by atomic mass is 79.9. The molecule has 0 unspecified atom stereocenters. The molecule has 20 heavy (non-hydrogen) atoms. The largest absolute Gasteiger partial charge is 0.495 e. The second-order valence-corrected chi connectivity index (χ2v) is 5.22. The summed E-state index contributed by atoms with van der Waals surface area (Å²) in [6, 6.07) is 9.38. The van der Waals surface area contributed by atoms with E-state index in [0.717, 1.165) is 4.47 Å². The molecule has 0 atom stereocenters. The molecule has 2 rings (SSSR count). The molecule has 0 saturated carbocycles. The highest BCUT2D eigenvalue weighted by Crippen LogP contribution is 2.29. The molecule has 0 aliphatic heterocycles. The Morgan fingerprint density at radius 2 is 2.10 bits per heavy atom. The number of anilines is 1. The van der Waals surface area contributed by atoms with Crippen molar-refractivity contribution in [3.05, 3.63) is 57.3 Å². The van der Waals surface area contributed by atoms with E-state index in [1.54, 1.807) is 18.2 Å². The number of halogens is 3. The molecule has 2 aromatic carbocycles. The minimum Gasteiger partial charge on any atom is -0.495 e. The summed E-state index contributed by atoms with van der Waals surface area (Å²) in [5.41, 5.74) is 0.311. The first-order valence-electron chi connectivity index (χ1n) is 5.62. The Kier molecular flexibility index (Phi) is 4.62. The van der Waals surface area contributed by atoms with Gasteiger partial charge in [0.25, 0.3) is 5.91 Å². The van der Waals surface area contributed by atoms with Gasteiger partial charge in [-0.2, -0.15) is 0 Å². The van der Waals surface area contributed by atoms with Crippen molar-refractivity contribution in [1.82, 2.24) is 0 Å². The minimum absolute atomic E-state index is 0.0983. The molecule has 0 saturated heterocycles. The van der Waals surface area contributed by atoms with Gasteiger partial charge in [0.1, 0.15) is 5.75 Å². The van der Waals surface area contributed by atoms with E-state index < -0.39 is 11.7 Å². The molecule has 104 valence electrons. The van der Waals surface area contributed by atoms with Crippen LogP contribution in [0.1, 0.15) is 10.4 Å². The molecular weight excluding hydrogens is 349 g/mol. The number of amides is 1. The number of benzene rings is 2. The zero-order chi connectivity index (χ0) is 14.7. The Labute approximate surface area is 128 Å². The summed E-state index contributed by atoms with van der Waals surface area (Å²) in [7, 11) is 1.48. The van der Waals surface area contributed by atoms with E-state index in [0.29, 0.717) is 11.4 Å². The van der Waals surface area contributed by atoms with E-state index in [1.165, 1.54) is 25.3 Å². The van der Waals surface area contributed by atoms with Crippen molar-refractivity contribution in [2.24, 2.45) is 0 Å².